The maximum atomic E-state index is 12.7. The number of sulfonamides is 1. The summed E-state index contributed by atoms with van der Waals surface area (Å²) in [4.78, 5) is 13.9. The monoisotopic (exact) mass is 469 g/mol. The number of urea groups is 1. The zero-order chi connectivity index (χ0) is 23.4. The molecule has 0 saturated carbocycles. The minimum Gasteiger partial charge on any atom is -0.336 e. The van der Waals surface area contributed by atoms with Crippen LogP contribution in [0, 0.1) is 0 Å². The average molecular weight is 470 g/mol. The number of benzene rings is 2. The number of piperazine rings is 1. The molecule has 6 nitrogen and oxygen atoms in total. The van der Waals surface area contributed by atoms with Crippen molar-refractivity contribution >= 4 is 16.1 Å². The van der Waals surface area contributed by atoms with Crippen molar-refractivity contribution in [1.82, 2.24) is 14.5 Å². The van der Waals surface area contributed by atoms with Crippen molar-refractivity contribution in [3.63, 3.8) is 0 Å². The largest absolute Gasteiger partial charge is 0.416 e. The van der Waals surface area contributed by atoms with Crippen LogP contribution in [0.5, 0.6) is 0 Å². The Bertz CT molecular complexity index is 1000. The number of nitrogens with one attached hydrogen (secondary N) is 1. The van der Waals surface area contributed by atoms with Crippen molar-refractivity contribution in [2.75, 3.05) is 26.2 Å². The molecule has 0 radical (unpaired) electrons. The smallest absolute Gasteiger partial charge is 0.336 e. The fourth-order valence-corrected chi connectivity index (χ4v) is 4.92. The van der Waals surface area contributed by atoms with Crippen molar-refractivity contribution in [3.8, 4) is 0 Å². The number of rotatable bonds is 6. The molecule has 2 aromatic rings. The molecular weight excluding hydrogens is 443 g/mol. The Morgan fingerprint density at radius 1 is 1.00 bits per heavy atom. The van der Waals surface area contributed by atoms with E-state index in [0.29, 0.717) is 0 Å². The van der Waals surface area contributed by atoms with Crippen molar-refractivity contribution in [2.45, 2.75) is 36.9 Å². The Balaban J connectivity index is 1.50. The SMILES string of the molecule is C[C@H](CCc1ccccc1)NC(=O)N1CCN(S(=O)(=O)c2ccc(C(F)(F)F)cc2)CC1. The lowest BCUT2D eigenvalue weighted by Crippen LogP contribution is -2.54. The van der Waals surface area contributed by atoms with Crippen molar-refractivity contribution in [1.29, 1.82) is 0 Å². The molecule has 2 amide bonds. The molecule has 32 heavy (non-hydrogen) atoms. The molecule has 174 valence electrons. The number of alkyl halides is 3. The summed E-state index contributed by atoms with van der Waals surface area (Å²) < 4.78 is 64.8. The highest BCUT2D eigenvalue weighted by Gasteiger charge is 2.33. The third kappa shape index (κ3) is 6.01. The predicted molar refractivity (Wildman–Crippen MR) is 115 cm³/mol. The van der Waals surface area contributed by atoms with Crippen LogP contribution in [-0.2, 0) is 22.6 Å². The van der Waals surface area contributed by atoms with E-state index in [1.807, 2.05) is 37.3 Å². The molecule has 1 atom stereocenters. The van der Waals surface area contributed by atoms with Gasteiger partial charge in [0.2, 0.25) is 10.0 Å². The van der Waals surface area contributed by atoms with Gasteiger partial charge in [-0.15, -0.1) is 0 Å². The van der Waals surface area contributed by atoms with E-state index in [1.165, 1.54) is 9.87 Å². The highest BCUT2D eigenvalue weighted by atomic mass is 32.2. The number of nitrogens with zero attached hydrogens (tertiary/aromatic N) is 2. The van der Waals surface area contributed by atoms with E-state index in [2.05, 4.69) is 5.32 Å². The second-order valence-electron chi connectivity index (χ2n) is 7.79. The zero-order valence-electron chi connectivity index (χ0n) is 17.7. The lowest BCUT2D eigenvalue weighted by Gasteiger charge is -2.34. The van der Waals surface area contributed by atoms with Crippen LogP contribution in [-0.4, -0.2) is 55.9 Å². The maximum absolute atomic E-state index is 12.7. The van der Waals surface area contributed by atoms with Gasteiger partial charge in [-0.1, -0.05) is 30.3 Å². The number of amides is 2. The van der Waals surface area contributed by atoms with Gasteiger partial charge in [-0.2, -0.15) is 17.5 Å². The zero-order valence-corrected chi connectivity index (χ0v) is 18.5. The van der Waals surface area contributed by atoms with Gasteiger partial charge in [-0.3, -0.25) is 0 Å². The van der Waals surface area contributed by atoms with E-state index < -0.39 is 21.8 Å². The first kappa shape index (κ1) is 24.1. The predicted octanol–water partition coefficient (Wildman–Crippen LogP) is 3.74. The number of hydrogen-bond acceptors (Lipinski definition) is 3. The van der Waals surface area contributed by atoms with Gasteiger partial charge in [0.1, 0.15) is 0 Å². The first-order chi connectivity index (χ1) is 15.1. The molecule has 1 fully saturated rings. The third-order valence-electron chi connectivity index (χ3n) is 5.42. The van der Waals surface area contributed by atoms with Gasteiger partial charge in [-0.25, -0.2) is 13.2 Å². The topological polar surface area (TPSA) is 69.7 Å². The van der Waals surface area contributed by atoms with Gasteiger partial charge in [0, 0.05) is 32.2 Å². The lowest BCUT2D eigenvalue weighted by molar-refractivity contribution is -0.137. The van der Waals surface area contributed by atoms with Crippen molar-refractivity contribution < 1.29 is 26.4 Å². The molecule has 0 spiro atoms. The Morgan fingerprint density at radius 3 is 2.16 bits per heavy atom. The summed E-state index contributed by atoms with van der Waals surface area (Å²) in [5, 5.41) is 2.94. The van der Waals surface area contributed by atoms with Gasteiger partial charge in [0.25, 0.3) is 0 Å². The Hall–Kier alpha value is -2.59. The highest BCUT2D eigenvalue weighted by molar-refractivity contribution is 7.89. The first-order valence-electron chi connectivity index (χ1n) is 10.3. The Labute approximate surface area is 186 Å². The lowest BCUT2D eigenvalue weighted by atomic mass is 10.1. The minimum atomic E-state index is -4.53. The van der Waals surface area contributed by atoms with Crippen LogP contribution in [0.4, 0.5) is 18.0 Å². The van der Waals surface area contributed by atoms with Crippen LogP contribution in [0.15, 0.2) is 59.5 Å². The minimum absolute atomic E-state index is 0.0448. The number of carbonyl (C=O) groups excluding carboxylic acids is 1. The number of halogens is 3. The summed E-state index contributed by atoms with van der Waals surface area (Å²) in [7, 11) is -3.93. The molecule has 1 aliphatic rings. The summed E-state index contributed by atoms with van der Waals surface area (Å²) >= 11 is 0. The summed E-state index contributed by atoms with van der Waals surface area (Å²) in [5.74, 6) is 0. The Morgan fingerprint density at radius 2 is 1.59 bits per heavy atom. The fourth-order valence-electron chi connectivity index (χ4n) is 3.50. The summed E-state index contributed by atoms with van der Waals surface area (Å²) in [6.45, 7) is 2.49. The second-order valence-corrected chi connectivity index (χ2v) is 9.73. The second kappa shape index (κ2) is 9.91. The van der Waals surface area contributed by atoms with E-state index in [-0.39, 0.29) is 43.1 Å². The molecule has 1 saturated heterocycles. The summed E-state index contributed by atoms with van der Waals surface area (Å²) in [6, 6.07) is 13.1. The van der Waals surface area contributed by atoms with Crippen LogP contribution in [0.25, 0.3) is 0 Å². The van der Waals surface area contributed by atoms with E-state index >= 15 is 0 Å². The summed E-state index contributed by atoms with van der Waals surface area (Å²) in [5.41, 5.74) is 0.287. The molecule has 0 unspecified atom stereocenters. The third-order valence-corrected chi connectivity index (χ3v) is 7.34. The molecule has 10 heteroatoms. The van der Waals surface area contributed by atoms with Crippen LogP contribution in [0.3, 0.4) is 0 Å². The van der Waals surface area contributed by atoms with Crippen LogP contribution < -0.4 is 5.32 Å². The molecule has 0 aromatic heterocycles. The highest BCUT2D eigenvalue weighted by Crippen LogP contribution is 2.30. The van der Waals surface area contributed by atoms with E-state index in [0.717, 1.165) is 37.1 Å². The molecular formula is C22H26F3N3O3S. The van der Waals surface area contributed by atoms with Gasteiger partial charge >= 0.3 is 12.2 Å². The van der Waals surface area contributed by atoms with E-state index in [9.17, 15) is 26.4 Å². The molecule has 0 aliphatic carbocycles. The molecule has 2 aromatic carbocycles. The normalized spacial score (nSPS) is 16.6. The van der Waals surface area contributed by atoms with Crippen molar-refractivity contribution in [2.24, 2.45) is 0 Å². The standard InChI is InChI=1S/C22H26F3N3O3S/c1-17(7-8-18-5-3-2-4-6-18)26-21(29)27-13-15-28(16-14-27)32(30,31)20-11-9-19(10-12-20)22(23,24)25/h2-6,9-12,17H,7-8,13-16H2,1H3,(H,26,29)/t17-/m1/s1. The van der Waals surface area contributed by atoms with Crippen LogP contribution >= 0.6 is 0 Å². The van der Waals surface area contributed by atoms with Gasteiger partial charge in [0.15, 0.2) is 0 Å². The maximum Gasteiger partial charge on any atom is 0.416 e. The molecule has 1 heterocycles. The van der Waals surface area contributed by atoms with Crippen LogP contribution in [0.1, 0.15) is 24.5 Å². The molecule has 3 rings (SSSR count). The van der Waals surface area contributed by atoms with E-state index in [4.69, 9.17) is 0 Å². The van der Waals surface area contributed by atoms with Crippen molar-refractivity contribution in [3.05, 3.63) is 65.7 Å². The number of aryl methyl sites for hydroxylation is 1. The summed E-state index contributed by atoms with van der Waals surface area (Å²) in [6.07, 6.45) is -2.92. The number of carbonyl (C=O) groups is 1. The number of hydrogen-bond donors (Lipinski definition) is 1. The average Bonchev–Trinajstić information content (AvgIpc) is 2.78. The molecule has 1 N–H and O–H groups in total. The Kier molecular flexibility index (Phi) is 7.45. The quantitative estimate of drug-likeness (QED) is 0.701. The molecule has 1 aliphatic heterocycles. The van der Waals surface area contributed by atoms with Gasteiger partial charge in [-0.05, 0) is 49.6 Å². The molecule has 0 bridgehead atoms. The first-order valence-corrected chi connectivity index (χ1v) is 11.8. The van der Waals surface area contributed by atoms with Gasteiger partial charge in [0.05, 0.1) is 10.5 Å². The van der Waals surface area contributed by atoms with E-state index in [1.54, 1.807) is 4.90 Å². The van der Waals surface area contributed by atoms with Crippen LogP contribution in [0.2, 0.25) is 0 Å². The van der Waals surface area contributed by atoms with Gasteiger partial charge < -0.3 is 10.2 Å². The fraction of sp³-hybridized carbons (Fsp3) is 0.409.